The number of carboxylic acid groups (broad SMARTS) is 1. The third-order valence-electron chi connectivity index (χ3n) is 4.02. The molecule has 7 nitrogen and oxygen atoms in total. The Morgan fingerprint density at radius 1 is 1.07 bits per heavy atom. The van der Waals surface area contributed by atoms with Crippen LogP contribution in [0.3, 0.4) is 0 Å². The number of carbonyl (C=O) groups excluding carboxylic acids is 1. The average Bonchev–Trinajstić information content (AvgIpc) is 2.60. The maximum atomic E-state index is 12.8. The van der Waals surface area contributed by atoms with E-state index < -0.39 is 27.9 Å². The van der Waals surface area contributed by atoms with E-state index >= 15 is 0 Å². The zero-order valence-electron chi connectivity index (χ0n) is 15.3. The number of nitrogens with one attached hydrogen (secondary N) is 1. The van der Waals surface area contributed by atoms with Gasteiger partial charge in [0.05, 0.1) is 17.5 Å². The van der Waals surface area contributed by atoms with Crippen molar-refractivity contribution in [3.8, 4) is 0 Å². The Balaban J connectivity index is 2.31. The van der Waals surface area contributed by atoms with Crippen molar-refractivity contribution >= 4 is 33.3 Å². The van der Waals surface area contributed by atoms with E-state index in [1.54, 1.807) is 31.2 Å². The van der Waals surface area contributed by atoms with E-state index in [2.05, 4.69) is 5.32 Å². The van der Waals surface area contributed by atoms with Crippen LogP contribution in [0.1, 0.15) is 29.3 Å². The molecule has 0 saturated heterocycles. The van der Waals surface area contributed by atoms with Crippen molar-refractivity contribution in [2.24, 2.45) is 0 Å². The molecule has 8 heteroatoms. The molecule has 0 aliphatic rings. The molecule has 0 unspecified atom stereocenters. The van der Waals surface area contributed by atoms with Crippen molar-refractivity contribution in [3.63, 3.8) is 0 Å². The Morgan fingerprint density at radius 3 is 2.07 bits per heavy atom. The van der Waals surface area contributed by atoms with Crippen LogP contribution in [0.4, 0.5) is 11.4 Å². The molecule has 0 bridgehead atoms. The lowest BCUT2D eigenvalue weighted by molar-refractivity contribution is -0.117. The topological polar surface area (TPSA) is 104 Å². The van der Waals surface area contributed by atoms with Crippen LogP contribution in [0.2, 0.25) is 0 Å². The Hall–Kier alpha value is -2.87. The van der Waals surface area contributed by atoms with Gasteiger partial charge < -0.3 is 10.4 Å². The van der Waals surface area contributed by atoms with E-state index in [9.17, 15) is 18.0 Å². The highest BCUT2D eigenvalue weighted by Gasteiger charge is 2.31. The monoisotopic (exact) mass is 390 g/mol. The first kappa shape index (κ1) is 20.4. The maximum Gasteiger partial charge on any atom is 0.335 e. The Morgan fingerprint density at radius 2 is 1.63 bits per heavy atom. The molecular weight excluding hydrogens is 368 g/mol. The number of nitrogens with zero attached hydrogens (tertiary/aromatic N) is 1. The van der Waals surface area contributed by atoms with Crippen molar-refractivity contribution in [2.75, 3.05) is 15.9 Å². The van der Waals surface area contributed by atoms with Gasteiger partial charge in [-0.05, 0) is 49.7 Å². The van der Waals surface area contributed by atoms with E-state index in [4.69, 9.17) is 5.11 Å². The van der Waals surface area contributed by atoms with E-state index in [0.29, 0.717) is 11.4 Å². The van der Waals surface area contributed by atoms with Crippen molar-refractivity contribution in [3.05, 3.63) is 59.7 Å². The average molecular weight is 390 g/mol. The minimum absolute atomic E-state index is 0.0949. The molecule has 1 atom stereocenters. The third kappa shape index (κ3) is 5.07. The predicted molar refractivity (Wildman–Crippen MR) is 105 cm³/mol. The Labute approximate surface area is 158 Å². The fourth-order valence-corrected chi connectivity index (χ4v) is 3.89. The number of aromatic carboxylic acids is 1. The normalized spacial score (nSPS) is 12.3. The molecule has 0 fully saturated rings. The summed E-state index contributed by atoms with van der Waals surface area (Å²) in [5.41, 5.74) is 1.87. The van der Waals surface area contributed by atoms with E-state index in [1.165, 1.54) is 24.3 Å². The van der Waals surface area contributed by atoms with Crippen LogP contribution in [0.25, 0.3) is 0 Å². The number of hydrogen-bond acceptors (Lipinski definition) is 4. The number of sulfonamides is 1. The van der Waals surface area contributed by atoms with E-state index in [1.807, 2.05) is 6.92 Å². The standard InChI is InChI=1S/C19H22N2O5S/c1-4-17(18(22)20-15-9-7-14(8-10-15)19(23)24)21(27(3,25)26)16-11-5-13(2)6-12-16/h5-12,17H,4H2,1-3H3,(H,20,22)(H,23,24)/t17-/m0/s1. The molecule has 2 aromatic rings. The minimum Gasteiger partial charge on any atom is -0.478 e. The molecule has 27 heavy (non-hydrogen) atoms. The Kier molecular flexibility index (Phi) is 6.22. The molecule has 0 radical (unpaired) electrons. The molecule has 0 spiro atoms. The summed E-state index contributed by atoms with van der Waals surface area (Å²) >= 11 is 0. The molecule has 2 aromatic carbocycles. The lowest BCUT2D eigenvalue weighted by Crippen LogP contribution is -2.47. The first-order valence-electron chi connectivity index (χ1n) is 8.33. The van der Waals surface area contributed by atoms with Crippen LogP contribution in [-0.2, 0) is 14.8 Å². The van der Waals surface area contributed by atoms with Crippen LogP contribution in [-0.4, -0.2) is 37.7 Å². The molecule has 0 aliphatic heterocycles. The fraction of sp³-hybridized carbons (Fsp3) is 0.263. The molecule has 2 N–H and O–H groups in total. The summed E-state index contributed by atoms with van der Waals surface area (Å²) in [5.74, 6) is -1.56. The van der Waals surface area contributed by atoms with Gasteiger partial charge in [0.1, 0.15) is 6.04 Å². The van der Waals surface area contributed by atoms with Crippen molar-refractivity contribution in [2.45, 2.75) is 26.3 Å². The van der Waals surface area contributed by atoms with Gasteiger partial charge >= 0.3 is 5.97 Å². The molecule has 0 heterocycles. The second-order valence-electron chi connectivity index (χ2n) is 6.19. The van der Waals surface area contributed by atoms with Gasteiger partial charge in [0.15, 0.2) is 0 Å². The summed E-state index contributed by atoms with van der Waals surface area (Å²) in [4.78, 5) is 23.7. The number of benzene rings is 2. The maximum absolute atomic E-state index is 12.8. The van der Waals surface area contributed by atoms with Crippen LogP contribution in [0.5, 0.6) is 0 Å². The van der Waals surface area contributed by atoms with Gasteiger partial charge in [-0.3, -0.25) is 9.10 Å². The van der Waals surface area contributed by atoms with Crippen LogP contribution in [0, 0.1) is 6.92 Å². The fourth-order valence-electron chi connectivity index (χ4n) is 2.67. The quantitative estimate of drug-likeness (QED) is 0.756. The van der Waals surface area contributed by atoms with Crippen molar-refractivity contribution in [1.82, 2.24) is 0 Å². The highest BCUT2D eigenvalue weighted by molar-refractivity contribution is 7.92. The summed E-state index contributed by atoms with van der Waals surface area (Å²) in [5, 5.41) is 11.6. The van der Waals surface area contributed by atoms with Gasteiger partial charge in [0.2, 0.25) is 15.9 Å². The molecule has 0 saturated carbocycles. The highest BCUT2D eigenvalue weighted by Crippen LogP contribution is 2.24. The number of amides is 1. The van der Waals surface area contributed by atoms with Crippen molar-refractivity contribution in [1.29, 1.82) is 0 Å². The van der Waals surface area contributed by atoms with Gasteiger partial charge in [-0.25, -0.2) is 13.2 Å². The minimum atomic E-state index is -3.70. The number of hydrogen-bond donors (Lipinski definition) is 2. The smallest absolute Gasteiger partial charge is 0.335 e. The SMILES string of the molecule is CC[C@@H](C(=O)Nc1ccc(C(=O)O)cc1)N(c1ccc(C)cc1)S(C)(=O)=O. The summed E-state index contributed by atoms with van der Waals surface area (Å²) < 4.78 is 25.9. The number of carboxylic acids is 1. The zero-order valence-corrected chi connectivity index (χ0v) is 16.2. The zero-order chi connectivity index (χ0) is 20.2. The first-order chi connectivity index (χ1) is 12.6. The third-order valence-corrected chi connectivity index (χ3v) is 5.20. The summed E-state index contributed by atoms with van der Waals surface area (Å²) in [6.07, 6.45) is 1.32. The van der Waals surface area contributed by atoms with Gasteiger partial charge in [0, 0.05) is 5.69 Å². The number of rotatable bonds is 7. The van der Waals surface area contributed by atoms with Crippen molar-refractivity contribution < 1.29 is 23.1 Å². The van der Waals surface area contributed by atoms with Gasteiger partial charge in [-0.1, -0.05) is 24.6 Å². The number of aryl methyl sites for hydroxylation is 1. The predicted octanol–water partition coefficient (Wildman–Crippen LogP) is 2.88. The molecule has 2 rings (SSSR count). The van der Waals surface area contributed by atoms with Crippen LogP contribution < -0.4 is 9.62 Å². The molecule has 0 aliphatic carbocycles. The summed E-state index contributed by atoms with van der Waals surface area (Å²) in [6, 6.07) is 11.6. The lowest BCUT2D eigenvalue weighted by Gasteiger charge is -2.30. The van der Waals surface area contributed by atoms with Gasteiger partial charge in [-0.2, -0.15) is 0 Å². The second kappa shape index (κ2) is 8.22. The molecule has 1 amide bonds. The Bertz CT molecular complexity index is 922. The van der Waals surface area contributed by atoms with Crippen LogP contribution in [0.15, 0.2) is 48.5 Å². The largest absolute Gasteiger partial charge is 0.478 e. The highest BCUT2D eigenvalue weighted by atomic mass is 32.2. The molecule has 144 valence electrons. The molecule has 0 aromatic heterocycles. The second-order valence-corrected chi connectivity index (χ2v) is 8.05. The van der Waals surface area contributed by atoms with Gasteiger partial charge in [0.25, 0.3) is 0 Å². The summed E-state index contributed by atoms with van der Waals surface area (Å²) in [7, 11) is -3.70. The van der Waals surface area contributed by atoms with E-state index in [-0.39, 0.29) is 12.0 Å². The number of anilines is 2. The number of carbonyl (C=O) groups is 2. The lowest BCUT2D eigenvalue weighted by atomic mass is 10.1. The van der Waals surface area contributed by atoms with Gasteiger partial charge in [-0.15, -0.1) is 0 Å². The van der Waals surface area contributed by atoms with E-state index in [0.717, 1.165) is 16.1 Å². The summed E-state index contributed by atoms with van der Waals surface area (Å²) in [6.45, 7) is 3.61. The molecular formula is C19H22N2O5S. The van der Waals surface area contributed by atoms with Crippen LogP contribution >= 0.6 is 0 Å². The first-order valence-corrected chi connectivity index (χ1v) is 10.2.